The van der Waals surface area contributed by atoms with Crippen LogP contribution >= 0.6 is 0 Å². The van der Waals surface area contributed by atoms with Gasteiger partial charge in [0.2, 0.25) is 0 Å². The maximum absolute atomic E-state index is 4.75. The molecule has 0 bridgehead atoms. The monoisotopic (exact) mass is 202 g/mol. The maximum Gasteiger partial charge on any atom is 0.360 e. The van der Waals surface area contributed by atoms with Crippen molar-refractivity contribution in [3.8, 4) is 0 Å². The molecular weight excluding hydrogens is 195 g/mol. The van der Waals surface area contributed by atoms with Gasteiger partial charge in [-0.2, -0.15) is 5.10 Å². The number of hydrogen-bond acceptors (Lipinski definition) is 1. The zero-order valence-electron chi connectivity index (χ0n) is 3.11. The molecule has 0 aromatic carbocycles. The Labute approximate surface area is 52.8 Å². The predicted molar refractivity (Wildman–Crippen MR) is 18.5 cm³/mol. The number of halogens is 1. The fourth-order valence-corrected chi connectivity index (χ4v) is 0. The molecular formula is CH7IN4. The van der Waals surface area contributed by atoms with Crippen molar-refractivity contribution in [1.29, 1.82) is 0 Å². The third-order valence-electron chi connectivity index (χ3n) is 0.167. The Hall–Kier alpha value is -0.200. The van der Waals surface area contributed by atoms with E-state index in [0.717, 1.165) is 0 Å². The molecule has 5 heteroatoms. The van der Waals surface area contributed by atoms with E-state index in [0.29, 0.717) is 0 Å². The van der Waals surface area contributed by atoms with Crippen molar-refractivity contribution in [2.24, 2.45) is 17.3 Å². The lowest BCUT2D eigenvalue weighted by molar-refractivity contribution is -0.471. The Kier molecular flexibility index (Phi) is 7.40. The Morgan fingerprint density at radius 3 is 1.50 bits per heavy atom. The number of guanidine groups is 1. The van der Waals surface area contributed by atoms with Gasteiger partial charge in [0.25, 0.3) is 0 Å². The number of hydrazone groups is 1. The zero-order valence-corrected chi connectivity index (χ0v) is 5.27. The molecule has 0 atom stereocenters. The van der Waals surface area contributed by atoms with Gasteiger partial charge in [0.05, 0.1) is 0 Å². The lowest BCUT2D eigenvalue weighted by Gasteiger charge is -1.69. The van der Waals surface area contributed by atoms with Crippen molar-refractivity contribution in [3.05, 3.63) is 0 Å². The minimum Gasteiger partial charge on any atom is -1.00 e. The highest BCUT2D eigenvalue weighted by Crippen LogP contribution is 0.949. The second-order valence-corrected chi connectivity index (χ2v) is 0.600. The quantitative estimate of drug-likeness (QED) is 0.103. The van der Waals surface area contributed by atoms with E-state index in [2.05, 4.69) is 5.84 Å². The number of rotatable bonds is 0. The summed E-state index contributed by atoms with van der Waals surface area (Å²) in [5.74, 6) is 4.67. The van der Waals surface area contributed by atoms with Crippen LogP contribution in [0.2, 0.25) is 0 Å². The smallest absolute Gasteiger partial charge is 0.360 e. The van der Waals surface area contributed by atoms with E-state index in [1.165, 1.54) is 0 Å². The Morgan fingerprint density at radius 2 is 1.50 bits per heavy atom. The second-order valence-electron chi connectivity index (χ2n) is 0.600. The fourth-order valence-electron chi connectivity index (χ4n) is 0. The van der Waals surface area contributed by atoms with Gasteiger partial charge in [-0.3, -0.25) is 17.3 Å². The van der Waals surface area contributed by atoms with Crippen molar-refractivity contribution in [2.45, 2.75) is 0 Å². The molecule has 0 spiro atoms. The predicted octanol–water partition coefficient (Wildman–Crippen LogP) is -6.78. The van der Waals surface area contributed by atoms with Crippen LogP contribution in [0.1, 0.15) is 0 Å². The lowest BCUT2D eigenvalue weighted by Crippen LogP contribution is -3.00. The molecule has 0 saturated carbocycles. The molecule has 0 aromatic rings. The van der Waals surface area contributed by atoms with Crippen LogP contribution in [0.4, 0.5) is 0 Å². The van der Waals surface area contributed by atoms with E-state index >= 15 is 0 Å². The summed E-state index contributed by atoms with van der Waals surface area (Å²) in [6, 6.07) is 0. The summed E-state index contributed by atoms with van der Waals surface area (Å²) in [6.07, 6.45) is 0. The maximum atomic E-state index is 4.75. The first-order valence-corrected chi connectivity index (χ1v) is 1.12. The average Bonchev–Trinajstić information content (AvgIpc) is 1.38. The number of nitrogens with two attached hydrogens (primary N) is 3. The molecule has 0 aromatic heterocycles. The third-order valence-corrected chi connectivity index (χ3v) is 0.167. The topological polar surface area (TPSA) is 92.0 Å². The van der Waals surface area contributed by atoms with E-state index in [1.54, 1.807) is 0 Å². The summed E-state index contributed by atoms with van der Waals surface area (Å²) in [5.41, 5.74) is 9.50. The summed E-state index contributed by atoms with van der Waals surface area (Å²) in [7, 11) is 0. The number of hydrazine groups is 1. The Bertz CT molecular complexity index is 45.5. The Balaban J connectivity index is 0. The Morgan fingerprint density at radius 1 is 1.33 bits per heavy atom. The summed E-state index contributed by atoms with van der Waals surface area (Å²) in [4.78, 5) is 0. The molecule has 0 aliphatic rings. The van der Waals surface area contributed by atoms with Gasteiger partial charge in [0.15, 0.2) is 0 Å². The molecule has 7 N–H and O–H groups in total. The van der Waals surface area contributed by atoms with E-state index in [-0.39, 0.29) is 29.9 Å². The van der Waals surface area contributed by atoms with Crippen LogP contribution < -0.4 is 46.4 Å². The summed E-state index contributed by atoms with van der Waals surface area (Å²) in [5, 5.41) is 2.00. The first-order valence-electron chi connectivity index (χ1n) is 1.12. The molecule has 38 valence electrons. The van der Waals surface area contributed by atoms with Crippen LogP contribution in [-0.4, -0.2) is 5.96 Å². The standard InChI is InChI=1S/CH6N4.HI/c2-1(3)5-4;/h4H2,(H4,2,3,5);1H. The highest BCUT2D eigenvalue weighted by Gasteiger charge is 1.72. The number of nitrogens with one attached hydrogen (secondary N) is 1. The summed E-state index contributed by atoms with van der Waals surface area (Å²) >= 11 is 0. The SMILES string of the molecule is N[NH+]=C(N)N.[I-]. The normalized spacial score (nSPS) is 5.33. The third kappa shape index (κ3) is 9.20. The summed E-state index contributed by atoms with van der Waals surface area (Å²) < 4.78 is 0. The lowest BCUT2D eigenvalue weighted by atomic mass is 11.1. The van der Waals surface area contributed by atoms with E-state index in [9.17, 15) is 0 Å². The van der Waals surface area contributed by atoms with Gasteiger partial charge < -0.3 is 24.0 Å². The van der Waals surface area contributed by atoms with Crippen LogP contribution in [0.25, 0.3) is 0 Å². The second kappa shape index (κ2) is 4.80. The van der Waals surface area contributed by atoms with Gasteiger partial charge in [-0.15, -0.1) is 0 Å². The van der Waals surface area contributed by atoms with Gasteiger partial charge >= 0.3 is 5.96 Å². The van der Waals surface area contributed by atoms with Crippen molar-refractivity contribution in [1.82, 2.24) is 0 Å². The van der Waals surface area contributed by atoms with Crippen molar-refractivity contribution >= 4 is 5.96 Å². The van der Waals surface area contributed by atoms with Crippen LogP contribution in [0.3, 0.4) is 0 Å². The molecule has 0 saturated heterocycles. The van der Waals surface area contributed by atoms with Crippen molar-refractivity contribution < 1.29 is 29.1 Å². The van der Waals surface area contributed by atoms with Crippen molar-refractivity contribution in [2.75, 3.05) is 0 Å². The molecule has 0 fully saturated rings. The van der Waals surface area contributed by atoms with Crippen LogP contribution in [0, 0.1) is 0 Å². The largest absolute Gasteiger partial charge is 1.00 e. The van der Waals surface area contributed by atoms with Crippen molar-refractivity contribution in [3.63, 3.8) is 0 Å². The van der Waals surface area contributed by atoms with E-state index in [4.69, 9.17) is 11.5 Å². The molecule has 0 amide bonds. The first-order chi connectivity index (χ1) is 2.27. The molecule has 6 heavy (non-hydrogen) atoms. The molecule has 0 heterocycles. The molecule has 0 radical (unpaired) electrons. The number of hydrogen-bond donors (Lipinski definition) is 4. The minimum atomic E-state index is 0. The molecule has 0 aliphatic heterocycles. The van der Waals surface area contributed by atoms with Gasteiger partial charge in [-0.25, -0.2) is 0 Å². The van der Waals surface area contributed by atoms with Gasteiger partial charge in [-0.05, 0) is 0 Å². The molecule has 0 unspecified atom stereocenters. The van der Waals surface area contributed by atoms with Crippen LogP contribution in [0.15, 0.2) is 0 Å². The highest BCUT2D eigenvalue weighted by molar-refractivity contribution is 5.68. The minimum absolute atomic E-state index is 0. The van der Waals surface area contributed by atoms with Gasteiger partial charge in [0, 0.05) is 0 Å². The average molecular weight is 202 g/mol. The van der Waals surface area contributed by atoms with E-state index in [1.807, 2.05) is 5.10 Å². The zero-order chi connectivity index (χ0) is 4.28. The van der Waals surface area contributed by atoms with Gasteiger partial charge in [0.1, 0.15) is 0 Å². The van der Waals surface area contributed by atoms with Crippen LogP contribution in [-0.2, 0) is 0 Å². The molecule has 0 rings (SSSR count). The van der Waals surface area contributed by atoms with E-state index < -0.39 is 0 Å². The fraction of sp³-hybridized carbons (Fsp3) is 0. The highest BCUT2D eigenvalue weighted by atomic mass is 127. The van der Waals surface area contributed by atoms with Gasteiger partial charge in [-0.1, -0.05) is 0 Å². The summed E-state index contributed by atoms with van der Waals surface area (Å²) in [6.45, 7) is 0. The van der Waals surface area contributed by atoms with Crippen LogP contribution in [0.5, 0.6) is 0 Å². The first kappa shape index (κ1) is 9.25. The molecule has 4 nitrogen and oxygen atoms in total. The molecule has 0 aliphatic carbocycles.